The Morgan fingerprint density at radius 3 is 2.86 bits per heavy atom. The molecule has 1 aromatic carbocycles. The van der Waals surface area contributed by atoms with Gasteiger partial charge in [0.1, 0.15) is 5.69 Å². The molecule has 1 aromatic heterocycles. The van der Waals surface area contributed by atoms with E-state index in [4.69, 9.17) is 0 Å². The number of aromatic nitrogens is 2. The van der Waals surface area contributed by atoms with Crippen molar-refractivity contribution in [3.63, 3.8) is 0 Å². The van der Waals surface area contributed by atoms with Gasteiger partial charge in [0.05, 0.1) is 16.7 Å². The van der Waals surface area contributed by atoms with E-state index in [0.29, 0.717) is 5.56 Å². The van der Waals surface area contributed by atoms with Gasteiger partial charge < -0.3 is 0 Å². The molecule has 0 bridgehead atoms. The highest BCUT2D eigenvalue weighted by Crippen LogP contribution is 2.18. The average Bonchev–Trinajstić information content (AvgIpc) is 2.55. The predicted molar refractivity (Wildman–Crippen MR) is 80.1 cm³/mol. The van der Waals surface area contributed by atoms with E-state index in [0.717, 1.165) is 0 Å². The number of nitrogens with one attached hydrogen (secondary N) is 1. The molecule has 1 heterocycles. The summed E-state index contributed by atoms with van der Waals surface area (Å²) in [7, 11) is 0. The Morgan fingerprint density at radius 2 is 2.14 bits per heavy atom. The molecule has 0 spiro atoms. The number of rotatable bonds is 5. The van der Waals surface area contributed by atoms with Gasteiger partial charge in [-0.3, -0.25) is 19.9 Å². The van der Waals surface area contributed by atoms with Crippen molar-refractivity contribution in [1.82, 2.24) is 15.4 Å². The number of para-hydroxylation sites is 1. The summed E-state index contributed by atoms with van der Waals surface area (Å²) in [6.07, 6.45) is 8.48. The monoisotopic (exact) mass is 297 g/mol. The molecule has 2 rings (SSSR count). The zero-order valence-electron chi connectivity index (χ0n) is 11.3. The quantitative estimate of drug-likeness (QED) is 0.514. The van der Waals surface area contributed by atoms with Crippen molar-refractivity contribution in [2.45, 2.75) is 0 Å². The Bertz CT molecular complexity index is 728. The molecule has 110 valence electrons. The molecule has 0 radical (unpaired) electrons. The lowest BCUT2D eigenvalue weighted by atomic mass is 10.2. The molecular formula is C14H11N5O3. The maximum atomic E-state index is 11.6. The van der Waals surface area contributed by atoms with Gasteiger partial charge in [-0.05, 0) is 18.2 Å². The highest BCUT2D eigenvalue weighted by atomic mass is 16.6. The van der Waals surface area contributed by atoms with Crippen LogP contribution in [0.15, 0.2) is 54.0 Å². The van der Waals surface area contributed by atoms with E-state index in [-0.39, 0.29) is 11.4 Å². The lowest BCUT2D eigenvalue weighted by Gasteiger charge is -1.96. The Hall–Kier alpha value is -3.42. The third kappa shape index (κ3) is 4.04. The van der Waals surface area contributed by atoms with E-state index in [2.05, 4.69) is 20.5 Å². The molecule has 22 heavy (non-hydrogen) atoms. The topological polar surface area (TPSA) is 110 Å². The first kappa shape index (κ1) is 15.0. The van der Waals surface area contributed by atoms with E-state index in [1.54, 1.807) is 18.2 Å². The molecule has 0 unspecified atom stereocenters. The molecule has 0 atom stereocenters. The molecule has 2 aromatic rings. The second-order valence-electron chi connectivity index (χ2n) is 3.98. The number of amides is 1. The number of carbonyl (C=O) groups excluding carboxylic acids is 1. The lowest BCUT2D eigenvalue weighted by molar-refractivity contribution is -0.385. The molecule has 0 saturated carbocycles. The first-order valence-corrected chi connectivity index (χ1v) is 6.18. The third-order valence-corrected chi connectivity index (χ3v) is 2.53. The van der Waals surface area contributed by atoms with Crippen LogP contribution in [0.5, 0.6) is 0 Å². The number of allylic oxidation sites excluding steroid dienone is 1. The Kier molecular flexibility index (Phi) is 5.03. The minimum Gasteiger partial charge on any atom is -0.265 e. The van der Waals surface area contributed by atoms with Crippen LogP contribution in [0, 0.1) is 10.1 Å². The van der Waals surface area contributed by atoms with Crippen molar-refractivity contribution in [3.05, 3.63) is 70.3 Å². The van der Waals surface area contributed by atoms with Crippen molar-refractivity contribution in [1.29, 1.82) is 0 Å². The summed E-state index contributed by atoms with van der Waals surface area (Å²) in [6.45, 7) is 0. The van der Waals surface area contributed by atoms with Crippen LogP contribution < -0.4 is 5.43 Å². The van der Waals surface area contributed by atoms with Gasteiger partial charge in [-0.25, -0.2) is 10.4 Å². The fourth-order valence-corrected chi connectivity index (χ4v) is 1.55. The van der Waals surface area contributed by atoms with Gasteiger partial charge in [0, 0.05) is 24.7 Å². The second kappa shape index (κ2) is 7.39. The molecule has 0 saturated heterocycles. The van der Waals surface area contributed by atoms with Crippen molar-refractivity contribution < 1.29 is 9.72 Å². The van der Waals surface area contributed by atoms with Gasteiger partial charge >= 0.3 is 0 Å². The van der Waals surface area contributed by atoms with Crippen molar-refractivity contribution in [3.8, 4) is 0 Å². The van der Waals surface area contributed by atoms with Crippen LogP contribution in [0.3, 0.4) is 0 Å². The van der Waals surface area contributed by atoms with Crippen LogP contribution in [0.25, 0.3) is 6.08 Å². The van der Waals surface area contributed by atoms with E-state index < -0.39 is 10.8 Å². The summed E-state index contributed by atoms with van der Waals surface area (Å²) >= 11 is 0. The number of hydrogen-bond donors (Lipinski definition) is 1. The average molecular weight is 297 g/mol. The van der Waals surface area contributed by atoms with Crippen molar-refractivity contribution in [2.24, 2.45) is 5.10 Å². The molecule has 0 fully saturated rings. The summed E-state index contributed by atoms with van der Waals surface area (Å²) in [5.41, 5.74) is 2.85. The summed E-state index contributed by atoms with van der Waals surface area (Å²) in [4.78, 5) is 29.5. The van der Waals surface area contributed by atoms with Crippen molar-refractivity contribution >= 4 is 23.9 Å². The van der Waals surface area contributed by atoms with E-state index >= 15 is 0 Å². The molecule has 0 aliphatic rings. The van der Waals surface area contributed by atoms with E-state index in [1.807, 2.05) is 0 Å². The third-order valence-electron chi connectivity index (χ3n) is 2.53. The van der Waals surface area contributed by atoms with Gasteiger partial charge in [0.2, 0.25) is 0 Å². The Balaban J connectivity index is 1.96. The van der Waals surface area contributed by atoms with Crippen LogP contribution in [-0.4, -0.2) is 27.0 Å². The van der Waals surface area contributed by atoms with Gasteiger partial charge in [-0.2, -0.15) is 5.10 Å². The summed E-state index contributed by atoms with van der Waals surface area (Å²) in [5, 5.41) is 14.5. The van der Waals surface area contributed by atoms with Gasteiger partial charge in [0.15, 0.2) is 0 Å². The fraction of sp³-hybridized carbons (Fsp3) is 0. The Morgan fingerprint density at radius 1 is 1.32 bits per heavy atom. The summed E-state index contributed by atoms with van der Waals surface area (Å²) in [6, 6.07) is 6.30. The van der Waals surface area contributed by atoms with Gasteiger partial charge in [0.25, 0.3) is 11.6 Å². The zero-order valence-corrected chi connectivity index (χ0v) is 11.3. The first-order chi connectivity index (χ1) is 10.7. The number of nitro groups is 1. The molecule has 1 amide bonds. The second-order valence-corrected chi connectivity index (χ2v) is 3.98. The highest BCUT2D eigenvalue weighted by Gasteiger charge is 2.08. The SMILES string of the molecule is O=C(NN=CC=Cc1ccccc1[N+](=O)[O-])c1cnccn1. The van der Waals surface area contributed by atoms with E-state index in [1.165, 1.54) is 43.0 Å². The van der Waals surface area contributed by atoms with Crippen LogP contribution in [-0.2, 0) is 0 Å². The molecule has 1 N–H and O–H groups in total. The number of carbonyl (C=O) groups is 1. The lowest BCUT2D eigenvalue weighted by Crippen LogP contribution is -2.18. The standard InChI is InChI=1S/C14H11N5O3/c20-14(12-10-15-8-9-16-12)18-17-7-3-5-11-4-1-2-6-13(11)19(21)22/h1-10H,(H,18,20). The van der Waals surface area contributed by atoms with Crippen LogP contribution >= 0.6 is 0 Å². The van der Waals surface area contributed by atoms with E-state index in [9.17, 15) is 14.9 Å². The van der Waals surface area contributed by atoms with Crippen molar-refractivity contribution in [2.75, 3.05) is 0 Å². The number of hydrazone groups is 1. The number of hydrogen-bond acceptors (Lipinski definition) is 6. The minimum atomic E-state index is -0.497. The molecule has 8 nitrogen and oxygen atoms in total. The fourth-order valence-electron chi connectivity index (χ4n) is 1.55. The van der Waals surface area contributed by atoms with Crippen LogP contribution in [0.4, 0.5) is 5.69 Å². The first-order valence-electron chi connectivity index (χ1n) is 6.18. The maximum Gasteiger partial charge on any atom is 0.291 e. The molecule has 0 aliphatic carbocycles. The van der Waals surface area contributed by atoms with Gasteiger partial charge in [-0.1, -0.05) is 12.1 Å². The summed E-state index contributed by atoms with van der Waals surface area (Å²) < 4.78 is 0. The highest BCUT2D eigenvalue weighted by molar-refractivity contribution is 5.92. The Labute approximate surface area is 125 Å². The maximum absolute atomic E-state index is 11.6. The molecule has 0 aliphatic heterocycles. The minimum absolute atomic E-state index is 0.00394. The number of nitro benzene ring substituents is 1. The normalized spacial score (nSPS) is 10.9. The number of benzene rings is 1. The smallest absolute Gasteiger partial charge is 0.265 e. The summed E-state index contributed by atoms with van der Waals surface area (Å²) in [5.74, 6) is -0.497. The van der Waals surface area contributed by atoms with Crippen LogP contribution in [0.1, 0.15) is 16.1 Å². The largest absolute Gasteiger partial charge is 0.291 e. The zero-order chi connectivity index (χ0) is 15.8. The molecule has 8 heteroatoms. The molecular weight excluding hydrogens is 286 g/mol. The number of nitrogens with zero attached hydrogens (tertiary/aromatic N) is 4. The predicted octanol–water partition coefficient (Wildman–Crippen LogP) is 1.81. The van der Waals surface area contributed by atoms with Crippen LogP contribution in [0.2, 0.25) is 0 Å². The van der Waals surface area contributed by atoms with Gasteiger partial charge in [-0.15, -0.1) is 0 Å².